The maximum Gasteiger partial charge on any atom is 0.341 e. The second kappa shape index (κ2) is 9.80. The van der Waals surface area contributed by atoms with Gasteiger partial charge in [0.25, 0.3) is 5.91 Å². The number of benzene rings is 2. The number of hydrogen-bond acceptors (Lipinski definition) is 5. The van der Waals surface area contributed by atoms with E-state index >= 15 is 0 Å². The van der Waals surface area contributed by atoms with Crippen molar-refractivity contribution in [3.05, 3.63) is 80.7 Å². The minimum Gasteiger partial charge on any atom is -0.465 e. The number of carbonyl (C=O) groups excluding carboxylic acids is 2. The molecular weight excluding hydrogens is 480 g/mol. The fraction of sp³-hybridized carbons (Fsp3) is 0.250. The summed E-state index contributed by atoms with van der Waals surface area (Å²) in [5.41, 5.74) is 5.05. The summed E-state index contributed by atoms with van der Waals surface area (Å²) < 4.78 is 5.11. The molecule has 0 spiro atoms. The molecule has 0 unspecified atom stereocenters. The number of ether oxygens (including phenoxy) is 1. The predicted octanol–water partition coefficient (Wildman–Crippen LogP) is 7.23. The molecule has 2 heterocycles. The summed E-state index contributed by atoms with van der Waals surface area (Å²) in [7, 11) is 1.38. The first kappa shape index (κ1) is 23.5. The highest BCUT2D eigenvalue weighted by atomic mass is 35.5. The number of esters is 1. The van der Waals surface area contributed by atoms with Crippen molar-refractivity contribution in [3.63, 3.8) is 0 Å². The number of nitrogens with one attached hydrogen (secondary N) is 1. The molecule has 1 amide bonds. The summed E-state index contributed by atoms with van der Waals surface area (Å²) in [5.74, 6) is -0.679. The van der Waals surface area contributed by atoms with Crippen LogP contribution in [0.25, 0.3) is 22.2 Å². The predicted molar refractivity (Wildman–Crippen MR) is 142 cm³/mol. The number of anilines is 1. The van der Waals surface area contributed by atoms with Gasteiger partial charge in [-0.2, -0.15) is 0 Å². The first-order valence-corrected chi connectivity index (χ1v) is 12.9. The smallest absolute Gasteiger partial charge is 0.341 e. The fourth-order valence-electron chi connectivity index (χ4n) is 4.83. The number of amides is 1. The van der Waals surface area contributed by atoms with E-state index in [9.17, 15) is 9.59 Å². The summed E-state index contributed by atoms with van der Waals surface area (Å²) in [4.78, 5) is 32.6. The summed E-state index contributed by atoms with van der Waals surface area (Å²) in [6.07, 6.45) is 4.98. The maximum absolute atomic E-state index is 13.8. The van der Waals surface area contributed by atoms with Crippen molar-refractivity contribution in [2.75, 3.05) is 12.4 Å². The van der Waals surface area contributed by atoms with Crippen LogP contribution in [0.2, 0.25) is 5.02 Å². The number of methoxy groups -OCH3 is 1. The molecule has 1 N–H and O–H groups in total. The van der Waals surface area contributed by atoms with E-state index < -0.39 is 5.97 Å². The van der Waals surface area contributed by atoms with Crippen molar-refractivity contribution >= 4 is 50.7 Å². The van der Waals surface area contributed by atoms with E-state index in [0.717, 1.165) is 59.1 Å². The van der Waals surface area contributed by atoms with Gasteiger partial charge in [0.05, 0.1) is 29.4 Å². The van der Waals surface area contributed by atoms with Crippen molar-refractivity contribution in [3.8, 4) is 11.3 Å². The molecular formula is C28H25ClN2O3S. The lowest BCUT2D eigenvalue weighted by Crippen LogP contribution is -2.17. The van der Waals surface area contributed by atoms with Crippen molar-refractivity contribution in [2.45, 2.75) is 39.0 Å². The molecule has 0 saturated carbocycles. The van der Waals surface area contributed by atoms with Gasteiger partial charge in [-0.1, -0.05) is 48.4 Å². The number of halogens is 1. The molecule has 0 radical (unpaired) electrons. The number of nitrogens with zero attached hydrogens (tertiary/aromatic N) is 1. The first-order chi connectivity index (χ1) is 17.0. The monoisotopic (exact) mass is 504 g/mol. The Bertz CT molecular complexity index is 1460. The Morgan fingerprint density at radius 3 is 2.63 bits per heavy atom. The Labute approximate surface area is 213 Å². The Kier molecular flexibility index (Phi) is 6.58. The molecule has 35 heavy (non-hydrogen) atoms. The van der Waals surface area contributed by atoms with Gasteiger partial charge >= 0.3 is 5.97 Å². The summed E-state index contributed by atoms with van der Waals surface area (Å²) in [6.45, 7) is 1.90. The van der Waals surface area contributed by atoms with Gasteiger partial charge in [0.2, 0.25) is 0 Å². The van der Waals surface area contributed by atoms with Gasteiger partial charge in [0.15, 0.2) is 0 Å². The summed E-state index contributed by atoms with van der Waals surface area (Å²) >= 11 is 7.74. The van der Waals surface area contributed by atoms with Crippen LogP contribution in [0, 0.1) is 6.92 Å². The van der Waals surface area contributed by atoms with E-state index in [-0.39, 0.29) is 5.91 Å². The van der Waals surface area contributed by atoms with Gasteiger partial charge < -0.3 is 10.1 Å². The van der Waals surface area contributed by atoms with E-state index in [0.29, 0.717) is 32.4 Å². The molecule has 0 aliphatic heterocycles. The van der Waals surface area contributed by atoms with Crippen molar-refractivity contribution in [1.82, 2.24) is 4.98 Å². The van der Waals surface area contributed by atoms with Crippen molar-refractivity contribution in [1.29, 1.82) is 0 Å². The third-order valence-electron chi connectivity index (χ3n) is 6.50. The first-order valence-electron chi connectivity index (χ1n) is 11.7. The van der Waals surface area contributed by atoms with E-state index in [1.165, 1.54) is 18.4 Å². The summed E-state index contributed by atoms with van der Waals surface area (Å²) in [6, 6.07) is 15.1. The third-order valence-corrected chi connectivity index (χ3v) is 7.94. The molecule has 0 saturated heterocycles. The van der Waals surface area contributed by atoms with Gasteiger partial charge in [-0.25, -0.2) is 9.78 Å². The lowest BCUT2D eigenvalue weighted by Gasteiger charge is -2.15. The van der Waals surface area contributed by atoms with E-state index in [4.69, 9.17) is 21.3 Å². The number of para-hydroxylation sites is 1. The largest absolute Gasteiger partial charge is 0.465 e. The van der Waals surface area contributed by atoms with Crippen molar-refractivity contribution < 1.29 is 14.3 Å². The number of fused-ring (bicyclic) bond motifs is 2. The standard InChI is InChI=1S/C28H25ClN2O3S/c1-16-23(19-11-6-7-13-21(19)30-25(16)17-9-8-10-18(29)15-17)26(32)31-27-24(28(33)34-2)20-12-4-3-5-14-22(20)35-27/h6-11,13,15H,3-5,12,14H2,1-2H3,(H,31,32). The van der Waals surface area contributed by atoms with Gasteiger partial charge in [-0.15, -0.1) is 11.3 Å². The fourth-order valence-corrected chi connectivity index (χ4v) is 6.29. The molecule has 0 bridgehead atoms. The van der Waals surface area contributed by atoms with Gasteiger partial charge in [-0.3, -0.25) is 4.79 Å². The molecule has 5 nitrogen and oxygen atoms in total. The van der Waals surface area contributed by atoms with Crippen LogP contribution in [0.1, 0.15) is 56.0 Å². The average molecular weight is 505 g/mol. The van der Waals surface area contributed by atoms with Crippen LogP contribution in [-0.4, -0.2) is 24.0 Å². The minimum absolute atomic E-state index is 0.272. The van der Waals surface area contributed by atoms with E-state index in [1.807, 2.05) is 55.5 Å². The molecule has 1 aliphatic rings. The Hall–Kier alpha value is -3.22. The molecule has 2 aromatic heterocycles. The van der Waals surface area contributed by atoms with Crippen LogP contribution in [0.15, 0.2) is 48.5 Å². The quantitative estimate of drug-likeness (QED) is 0.235. The number of aromatic nitrogens is 1. The number of aryl methyl sites for hydroxylation is 1. The zero-order valence-corrected chi connectivity index (χ0v) is 21.2. The molecule has 1 aliphatic carbocycles. The zero-order chi connectivity index (χ0) is 24.5. The molecule has 5 rings (SSSR count). The summed E-state index contributed by atoms with van der Waals surface area (Å²) in [5, 5.41) is 4.98. The van der Waals surface area contributed by atoms with E-state index in [1.54, 1.807) is 0 Å². The highest BCUT2D eigenvalue weighted by Crippen LogP contribution is 2.39. The Balaban J connectivity index is 1.63. The normalized spacial score (nSPS) is 13.2. The molecule has 4 aromatic rings. The average Bonchev–Trinajstić information content (AvgIpc) is 3.02. The molecule has 2 aromatic carbocycles. The SMILES string of the molecule is COC(=O)c1c(NC(=O)c2c(C)c(-c3cccc(Cl)c3)nc3ccccc23)sc2c1CCCCC2. The van der Waals surface area contributed by atoms with Crippen LogP contribution >= 0.6 is 22.9 Å². The van der Waals surface area contributed by atoms with Gasteiger partial charge in [0.1, 0.15) is 5.00 Å². The van der Waals surface area contributed by atoms with Crippen LogP contribution < -0.4 is 5.32 Å². The molecule has 178 valence electrons. The van der Waals surface area contributed by atoms with E-state index in [2.05, 4.69) is 5.32 Å². The van der Waals surface area contributed by atoms with Crippen LogP contribution in [-0.2, 0) is 17.6 Å². The number of carbonyl (C=O) groups is 2. The van der Waals surface area contributed by atoms with Crippen LogP contribution in [0.3, 0.4) is 0 Å². The third kappa shape index (κ3) is 4.44. The van der Waals surface area contributed by atoms with Gasteiger partial charge in [-0.05, 0) is 61.9 Å². The lowest BCUT2D eigenvalue weighted by atomic mass is 9.97. The number of thiophene rings is 1. The van der Waals surface area contributed by atoms with Gasteiger partial charge in [0, 0.05) is 20.8 Å². The van der Waals surface area contributed by atoms with Crippen molar-refractivity contribution in [2.24, 2.45) is 0 Å². The second-order valence-electron chi connectivity index (χ2n) is 8.70. The second-order valence-corrected chi connectivity index (χ2v) is 10.2. The molecule has 7 heteroatoms. The number of rotatable bonds is 4. The molecule has 0 atom stereocenters. The zero-order valence-electron chi connectivity index (χ0n) is 19.6. The minimum atomic E-state index is -0.407. The topological polar surface area (TPSA) is 68.3 Å². The van der Waals surface area contributed by atoms with Crippen LogP contribution in [0.5, 0.6) is 0 Å². The molecule has 0 fully saturated rings. The highest BCUT2D eigenvalue weighted by molar-refractivity contribution is 7.17. The Morgan fingerprint density at radius 2 is 1.83 bits per heavy atom. The number of hydrogen-bond donors (Lipinski definition) is 1. The maximum atomic E-state index is 13.8. The highest BCUT2D eigenvalue weighted by Gasteiger charge is 2.28. The Morgan fingerprint density at radius 1 is 1.03 bits per heavy atom. The van der Waals surface area contributed by atoms with Crippen LogP contribution in [0.4, 0.5) is 5.00 Å². The lowest BCUT2D eigenvalue weighted by molar-refractivity contribution is 0.0601. The number of pyridine rings is 1.